The first-order valence-corrected chi connectivity index (χ1v) is 9.10. The monoisotopic (exact) mass is 391 g/mol. The van der Waals surface area contributed by atoms with E-state index in [1.54, 1.807) is 24.3 Å². The van der Waals surface area contributed by atoms with E-state index in [-0.39, 0.29) is 6.61 Å². The molecule has 0 saturated carbocycles. The summed E-state index contributed by atoms with van der Waals surface area (Å²) in [5.41, 5.74) is 0.774. The van der Waals surface area contributed by atoms with Crippen LogP contribution in [0.4, 0.5) is 0 Å². The molecule has 4 N–H and O–H groups in total. The molecule has 1 aromatic carbocycles. The van der Waals surface area contributed by atoms with Gasteiger partial charge in [-0.3, -0.25) is 9.35 Å². The molecule has 0 aromatic heterocycles. The summed E-state index contributed by atoms with van der Waals surface area (Å²) in [7, 11) is -4.75. The van der Waals surface area contributed by atoms with Crippen LogP contribution in [0.5, 0.6) is 0 Å². The lowest BCUT2D eigenvalue weighted by Crippen LogP contribution is -2.64. The highest BCUT2D eigenvalue weighted by Crippen LogP contribution is 2.24. The molecule has 1 aliphatic rings. The van der Waals surface area contributed by atoms with Gasteiger partial charge in [-0.2, -0.15) is 8.42 Å². The molecule has 2 rings (SSSR count). The first-order valence-electron chi connectivity index (χ1n) is 7.73. The van der Waals surface area contributed by atoms with Crippen molar-refractivity contribution in [2.45, 2.75) is 44.2 Å². The zero-order valence-corrected chi connectivity index (χ0v) is 14.7. The predicted molar refractivity (Wildman–Crippen MR) is 87.0 cm³/mol. The van der Waals surface area contributed by atoms with Gasteiger partial charge in [0.15, 0.2) is 6.29 Å². The lowest BCUT2D eigenvalue weighted by molar-refractivity contribution is -0.263. The Morgan fingerprint density at radius 1 is 1.27 bits per heavy atom. The maximum absolute atomic E-state index is 11.3. The van der Waals surface area contributed by atoms with Gasteiger partial charge in [0.25, 0.3) is 0 Å². The van der Waals surface area contributed by atoms with Crippen LogP contribution in [0.25, 0.3) is 0 Å². The topological polar surface area (TPSA) is 152 Å². The minimum absolute atomic E-state index is 0.0528. The van der Waals surface area contributed by atoms with Crippen LogP contribution in [0.2, 0.25) is 0 Å². The predicted octanol–water partition coefficient (Wildman–Crippen LogP) is -1.03. The van der Waals surface area contributed by atoms with Crippen LogP contribution in [-0.2, 0) is 35.5 Å². The molecule has 0 bridgehead atoms. The molecule has 1 heterocycles. The number of nitrogens with one attached hydrogen (secondary N) is 1. The van der Waals surface area contributed by atoms with Crippen molar-refractivity contribution >= 4 is 16.3 Å². The fourth-order valence-electron chi connectivity index (χ4n) is 2.59. The minimum atomic E-state index is -4.75. The maximum atomic E-state index is 11.3. The van der Waals surface area contributed by atoms with E-state index < -0.39 is 53.6 Å². The quantitative estimate of drug-likeness (QED) is 0.428. The zero-order chi connectivity index (χ0) is 19.3. The summed E-state index contributed by atoms with van der Waals surface area (Å²) in [6, 6.07) is 7.76. The summed E-state index contributed by atoms with van der Waals surface area (Å²) in [6.45, 7) is 0.559. The van der Waals surface area contributed by atoms with Gasteiger partial charge in [0.2, 0.25) is 5.91 Å². The Bertz CT molecular complexity index is 696. The Labute approximate surface area is 150 Å². The van der Waals surface area contributed by atoms with Crippen LogP contribution >= 0.6 is 0 Å². The number of carbonyl (C=O) groups is 1. The SMILES string of the molecule is CC(=O)N[C@@H]1[C@@H](O)[C@H](OCc2ccccc2)[C@@H](COS(=O)(=O)O)O[C@H]1O. The molecular formula is C15H21NO9S. The van der Waals surface area contributed by atoms with Crippen molar-refractivity contribution in [1.82, 2.24) is 5.32 Å². The summed E-state index contributed by atoms with van der Waals surface area (Å²) in [5, 5.41) is 22.8. The van der Waals surface area contributed by atoms with E-state index >= 15 is 0 Å². The van der Waals surface area contributed by atoms with Crippen LogP contribution in [0, 0.1) is 0 Å². The lowest BCUT2D eigenvalue weighted by atomic mass is 9.96. The second kappa shape index (κ2) is 8.86. The van der Waals surface area contributed by atoms with E-state index in [0.29, 0.717) is 0 Å². The van der Waals surface area contributed by atoms with E-state index in [1.807, 2.05) is 6.07 Å². The van der Waals surface area contributed by atoms with Crippen LogP contribution in [-0.4, -0.2) is 66.3 Å². The number of hydrogen-bond donors (Lipinski definition) is 4. The molecule has 0 radical (unpaired) electrons. The number of carbonyl (C=O) groups excluding carboxylic acids is 1. The summed E-state index contributed by atoms with van der Waals surface area (Å²) in [6.07, 6.45) is -5.39. The third-order valence-electron chi connectivity index (χ3n) is 3.73. The molecular weight excluding hydrogens is 370 g/mol. The number of ether oxygens (including phenoxy) is 2. The molecule has 10 nitrogen and oxygen atoms in total. The number of aliphatic hydroxyl groups excluding tert-OH is 2. The molecule has 1 fully saturated rings. The second-order valence-corrected chi connectivity index (χ2v) is 6.85. The van der Waals surface area contributed by atoms with E-state index in [2.05, 4.69) is 9.50 Å². The van der Waals surface area contributed by atoms with Gasteiger partial charge in [-0.25, -0.2) is 4.18 Å². The molecule has 1 amide bonds. The van der Waals surface area contributed by atoms with Gasteiger partial charge >= 0.3 is 10.4 Å². The molecule has 1 aromatic rings. The smallest absolute Gasteiger partial charge is 0.388 e. The van der Waals surface area contributed by atoms with E-state index in [9.17, 15) is 23.4 Å². The number of hydrogen-bond acceptors (Lipinski definition) is 8. The van der Waals surface area contributed by atoms with Crippen LogP contribution in [0.3, 0.4) is 0 Å². The number of aliphatic hydroxyl groups is 2. The van der Waals surface area contributed by atoms with Crippen molar-refractivity contribution in [3.8, 4) is 0 Å². The molecule has 5 atom stereocenters. The number of amides is 1. The van der Waals surface area contributed by atoms with E-state index in [1.165, 1.54) is 6.92 Å². The Morgan fingerprint density at radius 3 is 2.50 bits per heavy atom. The first kappa shape index (κ1) is 20.7. The zero-order valence-electron chi connectivity index (χ0n) is 13.9. The molecule has 0 spiro atoms. The molecule has 0 unspecified atom stereocenters. The van der Waals surface area contributed by atoms with E-state index in [0.717, 1.165) is 5.56 Å². The Balaban J connectivity index is 2.14. The van der Waals surface area contributed by atoms with Gasteiger partial charge in [0, 0.05) is 6.92 Å². The minimum Gasteiger partial charge on any atom is -0.388 e. The molecule has 1 saturated heterocycles. The molecule has 0 aliphatic carbocycles. The van der Waals surface area contributed by atoms with Gasteiger partial charge in [0.05, 0.1) is 13.2 Å². The van der Waals surface area contributed by atoms with Crippen LogP contribution in [0.15, 0.2) is 30.3 Å². The summed E-state index contributed by atoms with van der Waals surface area (Å²) in [4.78, 5) is 11.3. The van der Waals surface area contributed by atoms with Crippen molar-refractivity contribution in [2.75, 3.05) is 6.61 Å². The molecule has 11 heteroatoms. The van der Waals surface area contributed by atoms with Gasteiger partial charge in [-0.05, 0) is 5.56 Å². The third-order valence-corrected chi connectivity index (χ3v) is 4.16. The normalized spacial score (nSPS) is 29.3. The standard InChI is InChI=1S/C15H21NO9S/c1-9(17)16-12-13(18)14(23-7-10-5-3-2-4-6-10)11(25-15(12)19)8-24-26(20,21)22/h2-6,11-15,18-19H,7-8H2,1H3,(H,16,17)(H,20,21,22)/t11-,12-,13-,14-,15-/m1/s1. The highest BCUT2D eigenvalue weighted by molar-refractivity contribution is 7.80. The summed E-state index contributed by atoms with van der Waals surface area (Å²) < 4.78 is 45.4. The molecule has 1 aliphatic heterocycles. The number of benzene rings is 1. The van der Waals surface area contributed by atoms with Crippen molar-refractivity contribution < 1.29 is 41.6 Å². The summed E-state index contributed by atoms with van der Waals surface area (Å²) >= 11 is 0. The lowest BCUT2D eigenvalue weighted by Gasteiger charge is -2.42. The Kier molecular flexibility index (Phi) is 7.06. The van der Waals surface area contributed by atoms with E-state index in [4.69, 9.17) is 14.0 Å². The largest absolute Gasteiger partial charge is 0.397 e. The highest BCUT2D eigenvalue weighted by Gasteiger charge is 2.46. The fourth-order valence-corrected chi connectivity index (χ4v) is 2.89. The van der Waals surface area contributed by atoms with Gasteiger partial charge in [0.1, 0.15) is 24.4 Å². The third kappa shape index (κ3) is 5.99. The van der Waals surface area contributed by atoms with Crippen LogP contribution < -0.4 is 5.32 Å². The second-order valence-electron chi connectivity index (χ2n) is 5.76. The van der Waals surface area contributed by atoms with Crippen molar-refractivity contribution in [3.63, 3.8) is 0 Å². The van der Waals surface area contributed by atoms with Crippen molar-refractivity contribution in [3.05, 3.63) is 35.9 Å². The van der Waals surface area contributed by atoms with Crippen LogP contribution in [0.1, 0.15) is 12.5 Å². The maximum Gasteiger partial charge on any atom is 0.397 e. The van der Waals surface area contributed by atoms with Crippen molar-refractivity contribution in [1.29, 1.82) is 0 Å². The summed E-state index contributed by atoms with van der Waals surface area (Å²) in [5.74, 6) is -0.508. The van der Waals surface area contributed by atoms with Crippen molar-refractivity contribution in [2.24, 2.45) is 0 Å². The average molecular weight is 391 g/mol. The van der Waals surface area contributed by atoms with Gasteiger partial charge < -0.3 is 25.0 Å². The molecule has 26 heavy (non-hydrogen) atoms. The number of rotatable bonds is 7. The average Bonchev–Trinajstić information content (AvgIpc) is 2.56. The van der Waals surface area contributed by atoms with Gasteiger partial charge in [-0.15, -0.1) is 0 Å². The molecule has 146 valence electrons. The highest BCUT2D eigenvalue weighted by atomic mass is 32.3. The first-order chi connectivity index (χ1) is 12.2. The fraction of sp³-hybridized carbons (Fsp3) is 0.533. The Morgan fingerprint density at radius 2 is 1.92 bits per heavy atom. The Hall–Kier alpha value is -1.60. The van der Waals surface area contributed by atoms with Gasteiger partial charge in [-0.1, -0.05) is 30.3 Å².